The number of amides is 1. The largest absolute Gasteiger partial charge is 0.416 e. The Morgan fingerprint density at radius 3 is 1.94 bits per heavy atom. The minimum atomic E-state index is -5.09. The van der Waals surface area contributed by atoms with Gasteiger partial charge in [0.1, 0.15) is 0 Å². The number of alkyl halides is 6. The molecular weight excluding hydrogens is 448 g/mol. The summed E-state index contributed by atoms with van der Waals surface area (Å²) in [5.74, 6) is -1.54. The van der Waals surface area contributed by atoms with E-state index in [1.165, 1.54) is 0 Å². The Hall–Kier alpha value is -2.56. The SMILES string of the molecule is O=C(c1cc(C(F)(F)F)cc(C(F)(F)F)c1)N1CCC(c2ccccc2)S(=O)(=O)CC1. The van der Waals surface area contributed by atoms with Gasteiger partial charge in [-0.05, 0) is 30.2 Å². The van der Waals surface area contributed by atoms with Crippen LogP contribution in [0.3, 0.4) is 0 Å². The average Bonchev–Trinajstić information content (AvgIpc) is 2.84. The molecule has 1 aliphatic heterocycles. The summed E-state index contributed by atoms with van der Waals surface area (Å²) in [7, 11) is -3.68. The van der Waals surface area contributed by atoms with Crippen LogP contribution in [0.2, 0.25) is 0 Å². The van der Waals surface area contributed by atoms with Crippen molar-refractivity contribution >= 4 is 15.7 Å². The van der Waals surface area contributed by atoms with Crippen LogP contribution in [0, 0.1) is 0 Å². The second kappa shape index (κ2) is 8.18. The highest BCUT2D eigenvalue weighted by molar-refractivity contribution is 7.91. The number of halogens is 6. The number of carbonyl (C=O) groups is 1. The Bertz CT molecular complexity index is 1030. The quantitative estimate of drug-likeness (QED) is 0.603. The van der Waals surface area contributed by atoms with Gasteiger partial charge in [-0.1, -0.05) is 30.3 Å². The van der Waals surface area contributed by atoms with E-state index in [1.807, 2.05) is 0 Å². The van der Waals surface area contributed by atoms with E-state index in [9.17, 15) is 39.6 Å². The molecule has 4 nitrogen and oxygen atoms in total. The maximum atomic E-state index is 13.1. The molecule has 0 aliphatic carbocycles. The molecule has 0 bridgehead atoms. The topological polar surface area (TPSA) is 54.5 Å². The summed E-state index contributed by atoms with van der Waals surface area (Å²) in [6.07, 6.45) is -10.2. The van der Waals surface area contributed by atoms with Gasteiger partial charge in [-0.3, -0.25) is 4.79 Å². The lowest BCUT2D eigenvalue weighted by molar-refractivity contribution is -0.143. The highest BCUT2D eigenvalue weighted by atomic mass is 32.2. The van der Waals surface area contributed by atoms with E-state index in [0.29, 0.717) is 17.7 Å². The van der Waals surface area contributed by atoms with Crippen molar-refractivity contribution in [2.45, 2.75) is 24.0 Å². The fourth-order valence-electron chi connectivity index (χ4n) is 3.45. The lowest BCUT2D eigenvalue weighted by Crippen LogP contribution is -2.34. The van der Waals surface area contributed by atoms with Gasteiger partial charge in [-0.25, -0.2) is 8.42 Å². The minimum Gasteiger partial charge on any atom is -0.338 e. The molecule has 11 heteroatoms. The van der Waals surface area contributed by atoms with Crippen molar-refractivity contribution in [2.24, 2.45) is 0 Å². The number of hydrogen-bond donors (Lipinski definition) is 0. The smallest absolute Gasteiger partial charge is 0.338 e. The molecule has 0 aromatic heterocycles. The highest BCUT2D eigenvalue weighted by Crippen LogP contribution is 2.37. The van der Waals surface area contributed by atoms with Crippen LogP contribution in [-0.2, 0) is 22.2 Å². The first kappa shape index (κ1) is 23.1. The van der Waals surface area contributed by atoms with Gasteiger partial charge in [0.05, 0.1) is 22.1 Å². The first-order chi connectivity index (χ1) is 14.3. The Morgan fingerprint density at radius 1 is 0.871 bits per heavy atom. The van der Waals surface area contributed by atoms with Gasteiger partial charge in [0.25, 0.3) is 5.91 Å². The van der Waals surface area contributed by atoms with Gasteiger partial charge in [0, 0.05) is 18.7 Å². The average molecular weight is 465 g/mol. The normalized spacial score (nSPS) is 19.7. The van der Waals surface area contributed by atoms with Crippen LogP contribution in [0.15, 0.2) is 48.5 Å². The molecule has 0 spiro atoms. The molecule has 1 atom stereocenters. The van der Waals surface area contributed by atoms with Crippen molar-refractivity contribution < 1.29 is 39.6 Å². The molecule has 1 heterocycles. The maximum Gasteiger partial charge on any atom is 0.416 e. The predicted octanol–water partition coefficient (Wildman–Crippen LogP) is 4.73. The zero-order chi connectivity index (χ0) is 23.0. The van der Waals surface area contributed by atoms with Crippen LogP contribution in [0.5, 0.6) is 0 Å². The van der Waals surface area contributed by atoms with Gasteiger partial charge in [-0.15, -0.1) is 0 Å². The summed E-state index contributed by atoms with van der Waals surface area (Å²) in [6.45, 7) is -0.461. The number of carbonyl (C=O) groups excluding carboxylic acids is 1. The molecule has 3 rings (SSSR count). The fourth-order valence-corrected chi connectivity index (χ4v) is 5.25. The van der Waals surface area contributed by atoms with Gasteiger partial charge >= 0.3 is 12.4 Å². The Morgan fingerprint density at radius 2 is 1.42 bits per heavy atom. The molecule has 168 valence electrons. The molecule has 31 heavy (non-hydrogen) atoms. The van der Waals surface area contributed by atoms with Crippen molar-refractivity contribution in [2.75, 3.05) is 18.8 Å². The van der Waals surface area contributed by atoms with Crippen molar-refractivity contribution in [1.82, 2.24) is 4.90 Å². The third-order valence-electron chi connectivity index (χ3n) is 5.03. The number of nitrogens with zero attached hydrogens (tertiary/aromatic N) is 1. The summed E-state index contributed by atoms with van der Waals surface area (Å²) in [5.41, 5.74) is -3.49. The summed E-state index contributed by atoms with van der Waals surface area (Å²) >= 11 is 0. The fraction of sp³-hybridized carbons (Fsp3) is 0.350. The molecule has 1 fully saturated rings. The number of sulfone groups is 1. The number of benzene rings is 2. The molecular formula is C20H17F6NO3S. The second-order valence-corrected chi connectivity index (χ2v) is 9.44. The van der Waals surface area contributed by atoms with E-state index in [2.05, 4.69) is 0 Å². The van der Waals surface area contributed by atoms with Crippen molar-refractivity contribution in [3.8, 4) is 0 Å². The van der Waals surface area contributed by atoms with Crippen LogP contribution in [0.1, 0.15) is 38.7 Å². The first-order valence-electron chi connectivity index (χ1n) is 9.14. The standard InChI is InChI=1S/C20H17F6NO3S/c21-19(22,23)15-10-14(11-16(12-15)20(24,25)26)18(28)27-7-6-17(31(29,30)9-8-27)13-4-2-1-3-5-13/h1-5,10-12,17H,6-9H2. The minimum absolute atomic E-state index is 0.0246. The molecule has 1 amide bonds. The molecule has 1 aliphatic rings. The maximum absolute atomic E-state index is 13.1. The van der Waals surface area contributed by atoms with Crippen molar-refractivity contribution in [1.29, 1.82) is 0 Å². The summed E-state index contributed by atoms with van der Waals surface area (Å²) in [4.78, 5) is 13.7. The Kier molecular flexibility index (Phi) is 6.09. The molecule has 1 saturated heterocycles. The molecule has 1 unspecified atom stereocenters. The zero-order valence-electron chi connectivity index (χ0n) is 15.9. The van der Waals surface area contributed by atoms with Gasteiger partial charge in [0.15, 0.2) is 9.84 Å². The van der Waals surface area contributed by atoms with Crippen LogP contribution in [-0.4, -0.2) is 38.1 Å². The monoisotopic (exact) mass is 465 g/mol. The van der Waals surface area contributed by atoms with Crippen LogP contribution in [0.4, 0.5) is 26.3 Å². The Labute approximate surface area is 174 Å². The van der Waals surface area contributed by atoms with E-state index in [1.54, 1.807) is 30.3 Å². The third kappa shape index (κ3) is 5.20. The van der Waals surface area contributed by atoms with E-state index < -0.39 is 55.8 Å². The molecule has 2 aromatic rings. The van der Waals surface area contributed by atoms with Crippen molar-refractivity contribution in [3.63, 3.8) is 0 Å². The Balaban J connectivity index is 1.93. The highest BCUT2D eigenvalue weighted by Gasteiger charge is 2.39. The van der Waals surface area contributed by atoms with Gasteiger partial charge in [0.2, 0.25) is 0 Å². The van der Waals surface area contributed by atoms with Crippen LogP contribution < -0.4 is 0 Å². The lowest BCUT2D eigenvalue weighted by Gasteiger charge is -2.21. The molecule has 2 aromatic carbocycles. The van der Waals surface area contributed by atoms with E-state index in [4.69, 9.17) is 0 Å². The van der Waals surface area contributed by atoms with E-state index in [-0.39, 0.29) is 25.6 Å². The number of rotatable bonds is 2. The zero-order valence-corrected chi connectivity index (χ0v) is 16.7. The van der Waals surface area contributed by atoms with E-state index in [0.717, 1.165) is 4.90 Å². The van der Waals surface area contributed by atoms with Gasteiger partial charge in [-0.2, -0.15) is 26.3 Å². The molecule has 0 saturated carbocycles. The van der Waals surface area contributed by atoms with Crippen LogP contribution in [0.25, 0.3) is 0 Å². The summed E-state index contributed by atoms with van der Waals surface area (Å²) in [6, 6.07) is 8.88. The van der Waals surface area contributed by atoms with E-state index >= 15 is 0 Å². The summed E-state index contributed by atoms with van der Waals surface area (Å²) < 4.78 is 104. The van der Waals surface area contributed by atoms with Crippen molar-refractivity contribution in [3.05, 3.63) is 70.8 Å². The molecule has 0 radical (unpaired) electrons. The third-order valence-corrected chi connectivity index (χ3v) is 7.16. The first-order valence-corrected chi connectivity index (χ1v) is 10.9. The number of hydrogen-bond acceptors (Lipinski definition) is 3. The second-order valence-electron chi connectivity index (χ2n) is 7.14. The summed E-state index contributed by atoms with van der Waals surface area (Å²) in [5, 5.41) is -0.918. The predicted molar refractivity (Wildman–Crippen MR) is 99.9 cm³/mol. The van der Waals surface area contributed by atoms with Gasteiger partial charge < -0.3 is 4.90 Å². The van der Waals surface area contributed by atoms with Crippen LogP contribution >= 0.6 is 0 Å². The molecule has 0 N–H and O–H groups in total. The lowest BCUT2D eigenvalue weighted by atomic mass is 10.0.